The van der Waals surface area contributed by atoms with Gasteiger partial charge in [-0.3, -0.25) is 0 Å². The van der Waals surface area contributed by atoms with Gasteiger partial charge in [-0.05, 0) is 36.6 Å². The summed E-state index contributed by atoms with van der Waals surface area (Å²) in [5, 5.41) is 11.4. The van der Waals surface area contributed by atoms with E-state index in [-0.39, 0.29) is 0 Å². The second-order valence-electron chi connectivity index (χ2n) is 6.07. The van der Waals surface area contributed by atoms with Gasteiger partial charge in [0.2, 0.25) is 5.95 Å². The van der Waals surface area contributed by atoms with Crippen LogP contribution in [-0.2, 0) is 13.0 Å². The van der Waals surface area contributed by atoms with Gasteiger partial charge in [0, 0.05) is 18.8 Å². The average Bonchev–Trinajstić information content (AvgIpc) is 2.63. The molecule has 0 radical (unpaired) electrons. The normalized spacial score (nSPS) is 13.5. The Morgan fingerprint density at radius 3 is 2.62 bits per heavy atom. The molecule has 0 saturated carbocycles. The first-order valence-electron chi connectivity index (χ1n) is 8.13. The lowest BCUT2D eigenvalue weighted by Gasteiger charge is -2.29. The molecule has 0 aliphatic carbocycles. The van der Waals surface area contributed by atoms with Gasteiger partial charge in [0.05, 0.1) is 6.20 Å². The number of hydrogen-bond donors (Lipinski definition) is 1. The minimum Gasteiger partial charge on any atom is -0.350 e. The van der Waals surface area contributed by atoms with Crippen LogP contribution in [0.3, 0.4) is 0 Å². The predicted molar refractivity (Wildman–Crippen MR) is 95.5 cm³/mol. The Hall–Kier alpha value is -2.95. The Bertz CT molecular complexity index is 844. The third kappa shape index (κ3) is 3.06. The van der Waals surface area contributed by atoms with E-state index in [1.165, 1.54) is 16.7 Å². The van der Waals surface area contributed by atoms with Gasteiger partial charge in [0.25, 0.3) is 0 Å². The first kappa shape index (κ1) is 14.6. The predicted octanol–water partition coefficient (Wildman–Crippen LogP) is 3.49. The fourth-order valence-electron chi connectivity index (χ4n) is 2.96. The molecule has 0 unspecified atom stereocenters. The van der Waals surface area contributed by atoms with Crippen molar-refractivity contribution in [3.63, 3.8) is 0 Å². The molecule has 5 nitrogen and oxygen atoms in total. The third-order valence-electron chi connectivity index (χ3n) is 4.31. The molecule has 1 aliphatic rings. The van der Waals surface area contributed by atoms with Crippen LogP contribution in [0, 0.1) is 6.92 Å². The van der Waals surface area contributed by atoms with E-state index in [0.717, 1.165) is 31.0 Å². The lowest BCUT2D eigenvalue weighted by atomic mass is 10.0. The molecule has 3 aromatic rings. The van der Waals surface area contributed by atoms with Crippen molar-refractivity contribution < 1.29 is 0 Å². The Labute approximate surface area is 141 Å². The highest BCUT2D eigenvalue weighted by Gasteiger charge is 2.17. The molecule has 2 heterocycles. The van der Waals surface area contributed by atoms with Gasteiger partial charge in [-0.2, -0.15) is 10.1 Å². The van der Waals surface area contributed by atoms with Crippen LogP contribution in [-0.4, -0.2) is 21.7 Å². The average molecular weight is 317 g/mol. The molecular formula is C19H19N5. The van der Waals surface area contributed by atoms with Crippen LogP contribution in [0.5, 0.6) is 0 Å². The fraction of sp³-hybridized carbons (Fsp3) is 0.211. The van der Waals surface area contributed by atoms with Gasteiger partial charge < -0.3 is 10.2 Å². The van der Waals surface area contributed by atoms with E-state index in [0.29, 0.717) is 5.95 Å². The number of hydrogen-bond acceptors (Lipinski definition) is 5. The summed E-state index contributed by atoms with van der Waals surface area (Å²) < 4.78 is 0. The molecule has 24 heavy (non-hydrogen) atoms. The van der Waals surface area contributed by atoms with E-state index in [4.69, 9.17) is 0 Å². The summed E-state index contributed by atoms with van der Waals surface area (Å²) in [7, 11) is 0. The second-order valence-corrected chi connectivity index (χ2v) is 6.07. The SMILES string of the molecule is Cc1ccc(Nc2nncc(N3CCc4ccccc4C3)n2)cc1. The first-order chi connectivity index (χ1) is 11.8. The largest absolute Gasteiger partial charge is 0.350 e. The van der Waals surface area contributed by atoms with Crippen LogP contribution < -0.4 is 10.2 Å². The van der Waals surface area contributed by atoms with Crippen molar-refractivity contribution in [2.24, 2.45) is 0 Å². The Morgan fingerprint density at radius 2 is 1.79 bits per heavy atom. The van der Waals surface area contributed by atoms with Gasteiger partial charge in [-0.15, -0.1) is 5.10 Å². The van der Waals surface area contributed by atoms with Crippen molar-refractivity contribution in [3.8, 4) is 0 Å². The number of nitrogens with zero attached hydrogens (tertiary/aromatic N) is 4. The van der Waals surface area contributed by atoms with Crippen molar-refractivity contribution in [1.29, 1.82) is 0 Å². The van der Waals surface area contributed by atoms with E-state index in [1.807, 2.05) is 12.1 Å². The molecular weight excluding hydrogens is 298 g/mol. The molecule has 0 bridgehead atoms. The highest BCUT2D eigenvalue weighted by atomic mass is 15.3. The summed E-state index contributed by atoms with van der Waals surface area (Å²) in [4.78, 5) is 6.88. The highest BCUT2D eigenvalue weighted by molar-refractivity contribution is 5.55. The summed E-state index contributed by atoms with van der Waals surface area (Å²) in [5.74, 6) is 1.38. The van der Waals surface area contributed by atoms with Crippen LogP contribution in [0.4, 0.5) is 17.5 Å². The standard InChI is InChI=1S/C19H19N5/c1-14-6-8-17(9-7-14)21-19-22-18(12-20-23-19)24-11-10-15-4-2-3-5-16(15)13-24/h2-9,12H,10-11,13H2,1H3,(H,21,22,23). The third-order valence-corrected chi connectivity index (χ3v) is 4.31. The zero-order valence-electron chi connectivity index (χ0n) is 13.6. The van der Waals surface area contributed by atoms with Crippen LogP contribution in [0.1, 0.15) is 16.7 Å². The number of benzene rings is 2. The smallest absolute Gasteiger partial charge is 0.249 e. The van der Waals surface area contributed by atoms with E-state index < -0.39 is 0 Å². The van der Waals surface area contributed by atoms with Crippen molar-refractivity contribution in [1.82, 2.24) is 15.2 Å². The molecule has 0 fully saturated rings. The first-order valence-corrected chi connectivity index (χ1v) is 8.13. The van der Waals surface area contributed by atoms with Gasteiger partial charge >= 0.3 is 0 Å². The second kappa shape index (κ2) is 6.28. The van der Waals surface area contributed by atoms with Crippen molar-refractivity contribution in [3.05, 3.63) is 71.4 Å². The van der Waals surface area contributed by atoms with Crippen molar-refractivity contribution in [2.45, 2.75) is 19.9 Å². The molecule has 4 rings (SSSR count). The van der Waals surface area contributed by atoms with Crippen molar-refractivity contribution >= 4 is 17.5 Å². The lowest BCUT2D eigenvalue weighted by Crippen LogP contribution is -2.31. The zero-order chi connectivity index (χ0) is 16.4. The number of fused-ring (bicyclic) bond motifs is 1. The lowest BCUT2D eigenvalue weighted by molar-refractivity contribution is 0.715. The number of nitrogens with one attached hydrogen (secondary N) is 1. The number of aryl methyl sites for hydroxylation is 1. The van der Waals surface area contributed by atoms with E-state index in [9.17, 15) is 0 Å². The van der Waals surface area contributed by atoms with E-state index in [2.05, 4.69) is 68.7 Å². The van der Waals surface area contributed by atoms with Gasteiger partial charge in [0.1, 0.15) is 0 Å². The molecule has 2 aromatic carbocycles. The van der Waals surface area contributed by atoms with E-state index >= 15 is 0 Å². The maximum absolute atomic E-state index is 4.63. The van der Waals surface area contributed by atoms with Crippen LogP contribution in [0.25, 0.3) is 0 Å². The zero-order valence-corrected chi connectivity index (χ0v) is 13.6. The summed E-state index contributed by atoms with van der Waals surface area (Å²) in [5.41, 5.74) is 4.97. The molecule has 1 aliphatic heterocycles. The molecule has 0 saturated heterocycles. The number of rotatable bonds is 3. The molecule has 1 aromatic heterocycles. The van der Waals surface area contributed by atoms with E-state index in [1.54, 1.807) is 6.20 Å². The van der Waals surface area contributed by atoms with Gasteiger partial charge in [-0.25, -0.2) is 0 Å². The monoisotopic (exact) mass is 317 g/mol. The molecule has 5 heteroatoms. The maximum Gasteiger partial charge on any atom is 0.249 e. The Balaban J connectivity index is 1.54. The summed E-state index contributed by atoms with van der Waals surface area (Å²) >= 11 is 0. The Kier molecular flexibility index (Phi) is 3.83. The van der Waals surface area contributed by atoms with Gasteiger partial charge in [0.15, 0.2) is 5.82 Å². The minimum atomic E-state index is 0.523. The topological polar surface area (TPSA) is 53.9 Å². The molecule has 0 spiro atoms. The van der Waals surface area contributed by atoms with Crippen LogP contribution in [0.15, 0.2) is 54.7 Å². The number of aromatic nitrogens is 3. The van der Waals surface area contributed by atoms with Gasteiger partial charge in [-0.1, -0.05) is 42.0 Å². The summed E-state index contributed by atoms with van der Waals surface area (Å²) in [6.07, 6.45) is 2.76. The summed E-state index contributed by atoms with van der Waals surface area (Å²) in [6.45, 7) is 3.87. The van der Waals surface area contributed by atoms with Crippen LogP contribution >= 0.6 is 0 Å². The number of anilines is 3. The Morgan fingerprint density at radius 1 is 1.00 bits per heavy atom. The summed E-state index contributed by atoms with van der Waals surface area (Å²) in [6, 6.07) is 16.7. The van der Waals surface area contributed by atoms with Crippen molar-refractivity contribution in [2.75, 3.05) is 16.8 Å². The fourth-order valence-corrected chi connectivity index (χ4v) is 2.96. The van der Waals surface area contributed by atoms with Crippen LogP contribution in [0.2, 0.25) is 0 Å². The molecule has 0 atom stereocenters. The molecule has 1 N–H and O–H groups in total. The molecule has 0 amide bonds. The minimum absolute atomic E-state index is 0.523. The molecule has 120 valence electrons. The maximum atomic E-state index is 4.63. The highest BCUT2D eigenvalue weighted by Crippen LogP contribution is 2.23. The quantitative estimate of drug-likeness (QED) is 0.801.